The molecule has 1 aromatic carbocycles. The SMILES string of the molecule is Cn1c(CCCCl)nc2ccccc21. The molecule has 0 saturated heterocycles. The van der Waals surface area contributed by atoms with Crippen LogP contribution in [-0.4, -0.2) is 15.4 Å². The molecule has 0 aliphatic heterocycles. The number of hydrogen-bond acceptors (Lipinski definition) is 1. The third-order valence-electron chi connectivity index (χ3n) is 2.41. The highest BCUT2D eigenvalue weighted by atomic mass is 35.5. The maximum absolute atomic E-state index is 5.67. The van der Waals surface area contributed by atoms with E-state index < -0.39 is 0 Å². The monoisotopic (exact) mass is 208 g/mol. The fourth-order valence-electron chi connectivity index (χ4n) is 1.64. The van der Waals surface area contributed by atoms with Gasteiger partial charge in [-0.1, -0.05) is 12.1 Å². The molecule has 0 saturated carbocycles. The highest BCUT2D eigenvalue weighted by Gasteiger charge is 2.05. The quantitative estimate of drug-likeness (QED) is 0.710. The lowest BCUT2D eigenvalue weighted by Crippen LogP contribution is -1.98. The molecule has 2 aromatic rings. The highest BCUT2D eigenvalue weighted by Crippen LogP contribution is 2.15. The van der Waals surface area contributed by atoms with Crippen molar-refractivity contribution in [1.82, 2.24) is 9.55 Å². The van der Waals surface area contributed by atoms with E-state index in [1.54, 1.807) is 0 Å². The topological polar surface area (TPSA) is 17.8 Å². The van der Waals surface area contributed by atoms with Crippen LogP contribution in [0.1, 0.15) is 12.2 Å². The number of rotatable bonds is 3. The molecule has 0 atom stereocenters. The third-order valence-corrected chi connectivity index (χ3v) is 2.68. The first-order valence-corrected chi connectivity index (χ1v) is 5.32. The zero-order valence-corrected chi connectivity index (χ0v) is 8.96. The summed E-state index contributed by atoms with van der Waals surface area (Å²) in [4.78, 5) is 4.55. The zero-order chi connectivity index (χ0) is 9.97. The Kier molecular flexibility index (Phi) is 2.73. The van der Waals surface area contributed by atoms with Crippen LogP contribution in [0.25, 0.3) is 11.0 Å². The second kappa shape index (κ2) is 4.01. The van der Waals surface area contributed by atoms with E-state index in [0.717, 1.165) is 24.2 Å². The van der Waals surface area contributed by atoms with E-state index in [4.69, 9.17) is 11.6 Å². The molecule has 0 bridgehead atoms. The minimum atomic E-state index is 0.698. The van der Waals surface area contributed by atoms with Crippen molar-refractivity contribution in [2.75, 3.05) is 5.88 Å². The third kappa shape index (κ3) is 1.62. The number of benzene rings is 1. The van der Waals surface area contributed by atoms with Crippen molar-refractivity contribution in [2.45, 2.75) is 12.8 Å². The Morgan fingerprint density at radius 2 is 2.14 bits per heavy atom. The predicted molar refractivity (Wildman–Crippen MR) is 59.8 cm³/mol. The summed E-state index contributed by atoms with van der Waals surface area (Å²) < 4.78 is 2.14. The van der Waals surface area contributed by atoms with Crippen LogP contribution < -0.4 is 0 Å². The predicted octanol–water partition coefficient (Wildman–Crippen LogP) is 2.74. The van der Waals surface area contributed by atoms with E-state index in [0.29, 0.717) is 5.88 Å². The van der Waals surface area contributed by atoms with Crippen LogP contribution in [0.5, 0.6) is 0 Å². The van der Waals surface area contributed by atoms with Crippen LogP contribution in [-0.2, 0) is 13.5 Å². The Balaban J connectivity index is 2.41. The van der Waals surface area contributed by atoms with Crippen molar-refractivity contribution in [2.24, 2.45) is 7.05 Å². The molecule has 1 heterocycles. The van der Waals surface area contributed by atoms with Crippen LogP contribution in [0.3, 0.4) is 0 Å². The van der Waals surface area contributed by atoms with Gasteiger partial charge < -0.3 is 4.57 Å². The number of aryl methyl sites for hydroxylation is 2. The lowest BCUT2D eigenvalue weighted by molar-refractivity contribution is 0.775. The summed E-state index contributed by atoms with van der Waals surface area (Å²) in [6, 6.07) is 8.18. The minimum absolute atomic E-state index is 0.698. The van der Waals surface area contributed by atoms with Crippen molar-refractivity contribution >= 4 is 22.6 Å². The molecule has 0 spiro atoms. The summed E-state index contributed by atoms with van der Waals surface area (Å²) in [5.74, 6) is 1.82. The lowest BCUT2D eigenvalue weighted by atomic mass is 10.3. The summed E-state index contributed by atoms with van der Waals surface area (Å²) in [6.45, 7) is 0. The van der Waals surface area contributed by atoms with Crippen molar-refractivity contribution in [3.63, 3.8) is 0 Å². The van der Waals surface area contributed by atoms with E-state index >= 15 is 0 Å². The number of halogens is 1. The van der Waals surface area contributed by atoms with E-state index in [1.165, 1.54) is 5.52 Å². The molecule has 0 fully saturated rings. The number of para-hydroxylation sites is 2. The number of hydrogen-bond donors (Lipinski definition) is 0. The Bertz CT molecular complexity index is 434. The van der Waals surface area contributed by atoms with Gasteiger partial charge in [0.05, 0.1) is 11.0 Å². The van der Waals surface area contributed by atoms with Crippen molar-refractivity contribution < 1.29 is 0 Å². The van der Waals surface area contributed by atoms with Crippen LogP contribution in [0.4, 0.5) is 0 Å². The summed E-state index contributed by atoms with van der Waals surface area (Å²) in [5, 5.41) is 0. The van der Waals surface area contributed by atoms with E-state index in [-0.39, 0.29) is 0 Å². The molecule has 3 heteroatoms. The van der Waals surface area contributed by atoms with Crippen LogP contribution in [0.2, 0.25) is 0 Å². The van der Waals surface area contributed by atoms with E-state index in [2.05, 4.69) is 22.7 Å². The molecule has 2 rings (SSSR count). The summed E-state index contributed by atoms with van der Waals surface area (Å²) in [5.41, 5.74) is 2.26. The fraction of sp³-hybridized carbons (Fsp3) is 0.364. The molecule has 0 unspecified atom stereocenters. The van der Waals surface area contributed by atoms with Gasteiger partial charge in [-0.2, -0.15) is 0 Å². The van der Waals surface area contributed by atoms with Gasteiger partial charge in [0.1, 0.15) is 5.82 Å². The van der Waals surface area contributed by atoms with Gasteiger partial charge in [0.15, 0.2) is 0 Å². The zero-order valence-electron chi connectivity index (χ0n) is 8.20. The Morgan fingerprint density at radius 3 is 2.86 bits per heavy atom. The maximum atomic E-state index is 5.67. The maximum Gasteiger partial charge on any atom is 0.109 e. The van der Waals surface area contributed by atoms with E-state index in [9.17, 15) is 0 Å². The number of aromatic nitrogens is 2. The molecule has 0 radical (unpaired) electrons. The molecule has 0 N–H and O–H groups in total. The van der Waals surface area contributed by atoms with Gasteiger partial charge in [0.25, 0.3) is 0 Å². The normalized spacial score (nSPS) is 11.0. The van der Waals surface area contributed by atoms with Crippen molar-refractivity contribution in [3.8, 4) is 0 Å². The molecule has 0 aliphatic carbocycles. The number of nitrogens with zero attached hydrogens (tertiary/aromatic N) is 2. The first-order valence-electron chi connectivity index (χ1n) is 4.79. The van der Waals surface area contributed by atoms with Crippen molar-refractivity contribution in [1.29, 1.82) is 0 Å². The molecular formula is C11H13ClN2. The van der Waals surface area contributed by atoms with Gasteiger partial charge in [-0.15, -0.1) is 11.6 Å². The van der Waals surface area contributed by atoms with Gasteiger partial charge in [-0.3, -0.25) is 0 Å². The molecule has 0 aliphatic rings. The molecule has 1 aromatic heterocycles. The van der Waals surface area contributed by atoms with Gasteiger partial charge in [0, 0.05) is 19.3 Å². The van der Waals surface area contributed by atoms with Gasteiger partial charge in [0.2, 0.25) is 0 Å². The van der Waals surface area contributed by atoms with Gasteiger partial charge >= 0.3 is 0 Å². The summed E-state index contributed by atoms with van der Waals surface area (Å²) in [6.07, 6.45) is 1.94. The lowest BCUT2D eigenvalue weighted by Gasteiger charge is -1.99. The van der Waals surface area contributed by atoms with Crippen LogP contribution in [0.15, 0.2) is 24.3 Å². The van der Waals surface area contributed by atoms with E-state index in [1.807, 2.05) is 18.2 Å². The Hall–Kier alpha value is -1.02. The molecular weight excluding hydrogens is 196 g/mol. The molecule has 14 heavy (non-hydrogen) atoms. The summed E-state index contributed by atoms with van der Waals surface area (Å²) >= 11 is 5.67. The first kappa shape index (κ1) is 9.53. The van der Waals surface area contributed by atoms with Crippen LogP contribution >= 0.6 is 11.6 Å². The second-order valence-corrected chi connectivity index (χ2v) is 3.75. The van der Waals surface area contributed by atoms with Crippen LogP contribution in [0, 0.1) is 0 Å². The first-order chi connectivity index (χ1) is 6.83. The average Bonchev–Trinajstić information content (AvgIpc) is 2.54. The number of fused-ring (bicyclic) bond motifs is 1. The number of imidazole rings is 1. The van der Waals surface area contributed by atoms with Crippen molar-refractivity contribution in [3.05, 3.63) is 30.1 Å². The van der Waals surface area contributed by atoms with Gasteiger partial charge in [-0.25, -0.2) is 4.98 Å². The fourth-order valence-corrected chi connectivity index (χ4v) is 1.78. The minimum Gasteiger partial charge on any atom is -0.331 e. The molecule has 74 valence electrons. The second-order valence-electron chi connectivity index (χ2n) is 3.37. The molecule has 2 nitrogen and oxygen atoms in total. The largest absolute Gasteiger partial charge is 0.331 e. The number of alkyl halides is 1. The summed E-state index contributed by atoms with van der Waals surface area (Å²) in [7, 11) is 2.05. The highest BCUT2D eigenvalue weighted by molar-refractivity contribution is 6.17. The van der Waals surface area contributed by atoms with Gasteiger partial charge in [-0.05, 0) is 18.6 Å². The smallest absolute Gasteiger partial charge is 0.109 e. The Morgan fingerprint density at radius 1 is 1.36 bits per heavy atom. The standard InChI is InChI=1S/C11H13ClN2/c1-14-10-6-3-2-5-9(10)13-11(14)7-4-8-12/h2-3,5-6H,4,7-8H2,1H3. The average molecular weight is 209 g/mol. The Labute approximate surface area is 88.5 Å². The molecule has 0 amide bonds.